The standard InChI is InChI=1S/C53H56F2N6O7/c1-52(22-10-25-61(32-52)51(63)66-31-36-13-6-3-7-14-36)59-50(62)64-26-9-17-40-43(54)21-18-37-15-8-16-41(44(37)40)46-45(55)47-42(27-56-46)48(65-30-35-11-4-2-5-12-35)58-49(57-47)67-34-53(23-24-53)33-60-28-38-19-20-39(29-60)68-38/h2-8,11-16,18,21,27,38-39H,9-10,17,19-20,22-26,28-34H2,1H3,(H,59,62)/t38?,39?,52-/m1/s1. The van der Waals surface area contributed by atoms with Crippen molar-refractivity contribution in [3.05, 3.63) is 126 Å². The Morgan fingerprint density at radius 3 is 2.35 bits per heavy atom. The molecule has 4 fully saturated rings. The third-order valence-corrected chi connectivity index (χ3v) is 13.7. The van der Waals surface area contributed by atoms with E-state index in [2.05, 4.69) is 25.2 Å². The van der Waals surface area contributed by atoms with Crippen LogP contribution >= 0.6 is 0 Å². The molecule has 6 aromatic rings. The zero-order valence-corrected chi connectivity index (χ0v) is 38.3. The summed E-state index contributed by atoms with van der Waals surface area (Å²) in [6, 6.07) is 27.5. The summed E-state index contributed by atoms with van der Waals surface area (Å²) in [7, 11) is 0. The van der Waals surface area contributed by atoms with Gasteiger partial charge in [0.2, 0.25) is 5.88 Å². The fourth-order valence-corrected chi connectivity index (χ4v) is 10.0. The number of benzene rings is 4. The van der Waals surface area contributed by atoms with Crippen molar-refractivity contribution < 1.29 is 42.1 Å². The molecule has 5 heterocycles. The SMILES string of the molecule is C[C@@]1(NC(=O)OCCCc2c(F)ccc3cccc(-c4ncc5c(OCc6ccccc6)nc(OCC6(CN7CC8CCC(C7)O8)CC6)nc5c4F)c23)CCCN(C(=O)OCc2ccccc2)C1. The van der Waals surface area contributed by atoms with E-state index in [0.29, 0.717) is 60.1 Å². The van der Waals surface area contributed by atoms with Crippen LogP contribution < -0.4 is 14.8 Å². The Morgan fingerprint density at radius 1 is 0.853 bits per heavy atom. The highest BCUT2D eigenvalue weighted by Crippen LogP contribution is 2.47. The van der Waals surface area contributed by atoms with Crippen LogP contribution in [-0.4, -0.2) is 101 Å². The molecule has 3 atom stereocenters. The number of rotatable bonds is 16. The predicted molar refractivity (Wildman–Crippen MR) is 251 cm³/mol. The molecule has 68 heavy (non-hydrogen) atoms. The second-order valence-corrected chi connectivity index (χ2v) is 19.1. The topological polar surface area (TPSA) is 137 Å². The molecule has 0 spiro atoms. The summed E-state index contributed by atoms with van der Waals surface area (Å²) in [4.78, 5) is 44.0. The van der Waals surface area contributed by atoms with Crippen LogP contribution in [0.4, 0.5) is 18.4 Å². The summed E-state index contributed by atoms with van der Waals surface area (Å²) in [5, 5.41) is 4.40. The summed E-state index contributed by atoms with van der Waals surface area (Å²) >= 11 is 0. The Hall–Kier alpha value is -6.45. The summed E-state index contributed by atoms with van der Waals surface area (Å²) in [5.41, 5.74) is 1.71. The number of hydrogen-bond donors (Lipinski definition) is 1. The van der Waals surface area contributed by atoms with Crippen molar-refractivity contribution in [1.82, 2.24) is 30.1 Å². The third-order valence-electron chi connectivity index (χ3n) is 13.7. The van der Waals surface area contributed by atoms with Crippen LogP contribution in [0.2, 0.25) is 0 Å². The Morgan fingerprint density at radius 2 is 1.60 bits per heavy atom. The molecule has 0 radical (unpaired) electrons. The van der Waals surface area contributed by atoms with Crippen LogP contribution in [0.3, 0.4) is 0 Å². The van der Waals surface area contributed by atoms with E-state index in [1.54, 1.807) is 23.1 Å². The lowest BCUT2D eigenvalue weighted by molar-refractivity contribution is -0.0460. The first-order valence-corrected chi connectivity index (χ1v) is 23.7. The Kier molecular flexibility index (Phi) is 13.1. The van der Waals surface area contributed by atoms with E-state index in [0.717, 1.165) is 56.4 Å². The second-order valence-electron chi connectivity index (χ2n) is 19.1. The van der Waals surface area contributed by atoms with Crippen molar-refractivity contribution in [1.29, 1.82) is 0 Å². The number of pyridine rings is 1. The molecule has 2 amide bonds. The van der Waals surface area contributed by atoms with Crippen LogP contribution in [-0.2, 0) is 33.8 Å². The van der Waals surface area contributed by atoms with E-state index < -0.39 is 29.4 Å². The molecule has 2 aromatic heterocycles. The normalized spacial score (nSPS) is 20.8. The zero-order valence-electron chi connectivity index (χ0n) is 38.3. The number of likely N-dealkylation sites (tertiary alicyclic amines) is 2. The predicted octanol–water partition coefficient (Wildman–Crippen LogP) is 9.57. The quantitative estimate of drug-likeness (QED) is 0.0930. The van der Waals surface area contributed by atoms with Crippen LogP contribution in [0.5, 0.6) is 11.9 Å². The van der Waals surface area contributed by atoms with Crippen LogP contribution in [0.1, 0.15) is 68.6 Å². The lowest BCUT2D eigenvalue weighted by Gasteiger charge is -2.40. The number of ether oxygens (including phenoxy) is 5. The summed E-state index contributed by atoms with van der Waals surface area (Å²) in [6.45, 7) is 6.09. The molecule has 13 nitrogen and oxygen atoms in total. The molecule has 3 aliphatic heterocycles. The smallest absolute Gasteiger partial charge is 0.410 e. The number of morpholine rings is 1. The van der Waals surface area contributed by atoms with E-state index in [1.165, 1.54) is 12.3 Å². The van der Waals surface area contributed by atoms with Crippen molar-refractivity contribution >= 4 is 33.9 Å². The minimum Gasteiger partial charge on any atom is -0.472 e. The number of aryl methyl sites for hydroxylation is 1. The zero-order chi connectivity index (χ0) is 46.7. The van der Waals surface area contributed by atoms with Gasteiger partial charge >= 0.3 is 18.2 Å². The van der Waals surface area contributed by atoms with Gasteiger partial charge in [-0.1, -0.05) is 84.9 Å². The number of nitrogens with one attached hydrogen (secondary N) is 1. The van der Waals surface area contributed by atoms with E-state index >= 15 is 8.78 Å². The minimum absolute atomic E-state index is 0.00838. The molecule has 4 aromatic carbocycles. The first kappa shape index (κ1) is 45.3. The number of hydrogen-bond acceptors (Lipinski definition) is 11. The van der Waals surface area contributed by atoms with E-state index in [1.807, 2.05) is 73.7 Å². The minimum atomic E-state index is -0.733. The number of nitrogens with zero attached hydrogens (tertiary/aromatic N) is 5. The highest BCUT2D eigenvalue weighted by molar-refractivity contribution is 6.00. The fraction of sp³-hybridized carbons (Fsp3) is 0.415. The fourth-order valence-electron chi connectivity index (χ4n) is 10.0. The Balaban J connectivity index is 0.842. The van der Waals surface area contributed by atoms with Crippen LogP contribution in [0.25, 0.3) is 32.9 Å². The first-order chi connectivity index (χ1) is 33.1. The van der Waals surface area contributed by atoms with E-state index in [4.69, 9.17) is 23.7 Å². The number of amides is 2. The highest BCUT2D eigenvalue weighted by Gasteiger charge is 2.47. The van der Waals surface area contributed by atoms with Gasteiger partial charge in [-0.15, -0.1) is 0 Å². The molecule has 1 saturated carbocycles. The molecule has 15 heteroatoms. The van der Waals surface area contributed by atoms with Gasteiger partial charge < -0.3 is 33.9 Å². The lowest BCUT2D eigenvalue weighted by Crippen LogP contribution is -2.58. The number of aromatic nitrogens is 3. The van der Waals surface area contributed by atoms with E-state index in [9.17, 15) is 9.59 Å². The monoisotopic (exact) mass is 926 g/mol. The summed E-state index contributed by atoms with van der Waals surface area (Å²) in [6.07, 6.45) is 7.03. The van der Waals surface area contributed by atoms with Gasteiger partial charge in [0.15, 0.2) is 5.82 Å². The van der Waals surface area contributed by atoms with E-state index in [-0.39, 0.29) is 73.1 Å². The Labute approximate surface area is 394 Å². The van der Waals surface area contributed by atoms with Gasteiger partial charge in [0, 0.05) is 49.9 Å². The number of halogens is 2. The van der Waals surface area contributed by atoms with Gasteiger partial charge in [-0.25, -0.2) is 18.4 Å². The van der Waals surface area contributed by atoms with Crippen molar-refractivity contribution in [2.24, 2.45) is 5.41 Å². The van der Waals surface area contributed by atoms with Crippen molar-refractivity contribution in [2.45, 2.75) is 89.3 Å². The van der Waals surface area contributed by atoms with Gasteiger partial charge in [0.05, 0.1) is 36.3 Å². The van der Waals surface area contributed by atoms with Gasteiger partial charge in [-0.3, -0.25) is 9.88 Å². The van der Waals surface area contributed by atoms with Gasteiger partial charge in [0.25, 0.3) is 0 Å². The van der Waals surface area contributed by atoms with Gasteiger partial charge in [-0.05, 0) is 91.8 Å². The average molecular weight is 927 g/mol. The Bertz CT molecular complexity index is 2770. The van der Waals surface area contributed by atoms with Crippen LogP contribution in [0, 0.1) is 17.0 Å². The first-order valence-electron chi connectivity index (χ1n) is 23.7. The molecule has 10 rings (SSSR count). The maximum atomic E-state index is 17.2. The molecular formula is C53H56F2N6O7. The number of piperidine rings is 1. The summed E-state index contributed by atoms with van der Waals surface area (Å²) in [5.74, 6) is -1.05. The maximum absolute atomic E-state index is 17.2. The summed E-state index contributed by atoms with van der Waals surface area (Å²) < 4.78 is 63.0. The number of fused-ring (bicyclic) bond motifs is 4. The molecule has 354 valence electrons. The largest absolute Gasteiger partial charge is 0.472 e. The maximum Gasteiger partial charge on any atom is 0.410 e. The molecular weight excluding hydrogens is 871 g/mol. The van der Waals surface area contributed by atoms with Gasteiger partial charge in [-0.2, -0.15) is 9.97 Å². The average Bonchev–Trinajstić information content (AvgIpc) is 4.03. The molecule has 2 unspecified atom stereocenters. The third kappa shape index (κ3) is 10.3. The highest BCUT2D eigenvalue weighted by atomic mass is 19.1. The number of alkyl carbamates (subject to hydrolysis) is 1. The molecule has 1 aliphatic carbocycles. The van der Waals surface area contributed by atoms with Gasteiger partial charge in [0.1, 0.15) is 30.2 Å². The lowest BCUT2D eigenvalue weighted by atomic mass is 9.91. The number of carbonyl (C=O) groups is 2. The molecule has 2 bridgehead atoms. The molecule has 1 N–H and O–H groups in total. The van der Waals surface area contributed by atoms with Crippen molar-refractivity contribution in [3.63, 3.8) is 0 Å². The number of carbonyl (C=O) groups excluding carboxylic acids is 2. The van der Waals surface area contributed by atoms with Crippen LogP contribution in [0.15, 0.2) is 97.2 Å². The second kappa shape index (κ2) is 19.6. The van der Waals surface area contributed by atoms with Crippen molar-refractivity contribution in [3.8, 4) is 23.1 Å². The molecule has 4 aliphatic rings. The van der Waals surface area contributed by atoms with Crippen molar-refractivity contribution in [2.75, 3.05) is 45.9 Å². The molecule has 3 saturated heterocycles.